The number of hydrogen-bond donors (Lipinski definition) is 1. The molecule has 0 atom stereocenters. The second-order valence-corrected chi connectivity index (χ2v) is 11.1. The second-order valence-electron chi connectivity index (χ2n) is 10.1. The summed E-state index contributed by atoms with van der Waals surface area (Å²) in [5.41, 5.74) is -3.27. The quantitative estimate of drug-likeness (QED) is 0.262. The number of benzene rings is 2. The van der Waals surface area contributed by atoms with Crippen molar-refractivity contribution in [3.8, 4) is 0 Å². The first-order chi connectivity index (χ1) is 20.8. The molecular formula is C29H29F7N4O3S. The normalized spacial score (nSPS) is 14.3. The number of anilines is 1. The summed E-state index contributed by atoms with van der Waals surface area (Å²) in [4.78, 5) is 32.3. The van der Waals surface area contributed by atoms with Crippen molar-refractivity contribution in [3.05, 3.63) is 87.4 Å². The lowest BCUT2D eigenvalue weighted by molar-refractivity contribution is -0.143. The maximum Gasteiger partial charge on any atom is 0.416 e. The van der Waals surface area contributed by atoms with Crippen molar-refractivity contribution in [2.24, 2.45) is 0 Å². The standard InChI is InChI=1S/C29H29F7N4O3S/c30-23-5-3-20(4-6-23)17-40(18-25-2-1-13-44-25)26(41)19-39(8-7-38-9-11-43-12-10-38)27(42)37-24-15-21(28(31,32)33)14-22(16-24)29(34,35)36/h1-6,13-16H,7-12,17-19H2,(H,37,42). The van der Waals surface area contributed by atoms with Crippen LogP contribution in [0.15, 0.2) is 60.0 Å². The van der Waals surface area contributed by atoms with Crippen molar-refractivity contribution < 1.29 is 45.1 Å². The van der Waals surface area contributed by atoms with Crippen LogP contribution in [0.2, 0.25) is 0 Å². The van der Waals surface area contributed by atoms with Crippen LogP contribution in [0.4, 0.5) is 41.2 Å². The Bertz CT molecular complexity index is 1360. The maximum absolute atomic E-state index is 13.6. The van der Waals surface area contributed by atoms with E-state index in [4.69, 9.17) is 4.74 Å². The van der Waals surface area contributed by atoms with Gasteiger partial charge in [0.15, 0.2) is 0 Å². The molecule has 0 spiro atoms. The SMILES string of the molecule is O=C(CN(CCN1CCOCC1)C(=O)Nc1cc(C(F)(F)F)cc(C(F)(F)F)c1)N(Cc1ccc(F)cc1)Cc1cccs1. The molecule has 1 aliphatic heterocycles. The van der Waals surface area contributed by atoms with Gasteiger partial charge in [-0.05, 0) is 47.3 Å². The van der Waals surface area contributed by atoms with Crippen LogP contribution in [0.5, 0.6) is 0 Å². The lowest BCUT2D eigenvalue weighted by Gasteiger charge is -2.31. The highest BCUT2D eigenvalue weighted by molar-refractivity contribution is 7.09. The number of nitrogens with zero attached hydrogens (tertiary/aromatic N) is 3. The van der Waals surface area contributed by atoms with Gasteiger partial charge in [0.25, 0.3) is 0 Å². The van der Waals surface area contributed by atoms with Crippen LogP contribution in [0.1, 0.15) is 21.6 Å². The van der Waals surface area contributed by atoms with Gasteiger partial charge in [0.2, 0.25) is 5.91 Å². The van der Waals surface area contributed by atoms with E-state index in [1.807, 2.05) is 16.3 Å². The van der Waals surface area contributed by atoms with Gasteiger partial charge < -0.3 is 19.9 Å². The van der Waals surface area contributed by atoms with Gasteiger partial charge in [-0.2, -0.15) is 26.3 Å². The van der Waals surface area contributed by atoms with Gasteiger partial charge in [-0.3, -0.25) is 9.69 Å². The third-order valence-corrected chi connectivity index (χ3v) is 7.67. The van der Waals surface area contributed by atoms with Crippen molar-refractivity contribution in [2.75, 3.05) is 51.3 Å². The molecule has 2 heterocycles. The summed E-state index contributed by atoms with van der Waals surface area (Å²) in [5.74, 6) is -0.987. The molecule has 0 radical (unpaired) electrons. The average Bonchev–Trinajstić information content (AvgIpc) is 3.48. The molecule has 4 rings (SSSR count). The van der Waals surface area contributed by atoms with Crippen LogP contribution in [0, 0.1) is 5.82 Å². The molecule has 1 aromatic heterocycles. The number of alkyl halides is 6. The van der Waals surface area contributed by atoms with E-state index in [2.05, 4.69) is 5.32 Å². The molecule has 0 aliphatic carbocycles. The van der Waals surface area contributed by atoms with Crippen LogP contribution in [-0.4, -0.2) is 72.6 Å². The Morgan fingerprint density at radius 2 is 1.52 bits per heavy atom. The van der Waals surface area contributed by atoms with E-state index < -0.39 is 53.5 Å². The van der Waals surface area contributed by atoms with Crippen molar-refractivity contribution in [2.45, 2.75) is 25.4 Å². The van der Waals surface area contributed by atoms with Gasteiger partial charge in [-0.15, -0.1) is 11.3 Å². The van der Waals surface area contributed by atoms with Crippen LogP contribution >= 0.6 is 11.3 Å². The topological polar surface area (TPSA) is 65.1 Å². The van der Waals surface area contributed by atoms with E-state index in [0.717, 1.165) is 9.78 Å². The number of hydrogen-bond acceptors (Lipinski definition) is 5. The molecule has 44 heavy (non-hydrogen) atoms. The Balaban J connectivity index is 1.58. The summed E-state index contributed by atoms with van der Waals surface area (Å²) < 4.78 is 99.2. The molecule has 238 valence electrons. The molecule has 15 heteroatoms. The third-order valence-electron chi connectivity index (χ3n) is 6.81. The summed E-state index contributed by atoms with van der Waals surface area (Å²) >= 11 is 1.40. The lowest BCUT2D eigenvalue weighted by atomic mass is 10.1. The highest BCUT2D eigenvalue weighted by Crippen LogP contribution is 2.37. The summed E-state index contributed by atoms with van der Waals surface area (Å²) in [7, 11) is 0. The molecule has 3 amide bonds. The van der Waals surface area contributed by atoms with E-state index >= 15 is 0 Å². The number of carbonyl (C=O) groups is 2. The minimum Gasteiger partial charge on any atom is -0.379 e. The van der Waals surface area contributed by atoms with E-state index in [9.17, 15) is 40.3 Å². The predicted octanol–water partition coefficient (Wildman–Crippen LogP) is 6.32. The zero-order valence-corrected chi connectivity index (χ0v) is 24.1. The fourth-order valence-electron chi connectivity index (χ4n) is 4.47. The highest BCUT2D eigenvalue weighted by Gasteiger charge is 2.37. The molecule has 1 N–H and O–H groups in total. The third kappa shape index (κ3) is 9.66. The predicted molar refractivity (Wildman–Crippen MR) is 149 cm³/mol. The van der Waals surface area contributed by atoms with Crippen LogP contribution in [0.25, 0.3) is 0 Å². The Hall–Kier alpha value is -3.69. The monoisotopic (exact) mass is 646 g/mol. The van der Waals surface area contributed by atoms with Crippen LogP contribution in [0.3, 0.4) is 0 Å². The number of ether oxygens (including phenoxy) is 1. The van der Waals surface area contributed by atoms with Gasteiger partial charge in [0, 0.05) is 43.3 Å². The smallest absolute Gasteiger partial charge is 0.379 e. The van der Waals surface area contributed by atoms with Gasteiger partial charge in [-0.1, -0.05) is 18.2 Å². The molecule has 0 bridgehead atoms. The fraction of sp³-hybridized carbons (Fsp3) is 0.379. The molecule has 0 unspecified atom stereocenters. The number of urea groups is 1. The zero-order valence-electron chi connectivity index (χ0n) is 23.3. The van der Waals surface area contributed by atoms with Crippen molar-refractivity contribution in [1.82, 2.24) is 14.7 Å². The summed E-state index contributed by atoms with van der Waals surface area (Å²) in [6, 6.07) is 8.86. The van der Waals surface area contributed by atoms with Crippen molar-refractivity contribution in [3.63, 3.8) is 0 Å². The number of morpholine rings is 1. The Morgan fingerprint density at radius 1 is 0.886 bits per heavy atom. The van der Waals surface area contributed by atoms with Gasteiger partial charge in [0.05, 0.1) is 30.9 Å². The van der Waals surface area contributed by atoms with E-state index in [-0.39, 0.29) is 32.2 Å². The minimum absolute atomic E-state index is 0.0344. The molecular weight excluding hydrogens is 617 g/mol. The zero-order chi connectivity index (χ0) is 31.9. The fourth-order valence-corrected chi connectivity index (χ4v) is 5.18. The number of rotatable bonds is 10. The number of halogens is 7. The highest BCUT2D eigenvalue weighted by atomic mass is 32.1. The number of nitrogens with one attached hydrogen (secondary N) is 1. The van der Waals surface area contributed by atoms with Crippen molar-refractivity contribution >= 4 is 29.0 Å². The van der Waals surface area contributed by atoms with E-state index in [1.165, 1.54) is 40.5 Å². The average molecular weight is 647 g/mol. The Morgan fingerprint density at radius 3 is 2.09 bits per heavy atom. The molecule has 0 saturated carbocycles. The Kier molecular flexibility index (Phi) is 10.9. The summed E-state index contributed by atoms with van der Waals surface area (Å²) in [6.07, 6.45) is -10.2. The van der Waals surface area contributed by atoms with Gasteiger partial charge in [0.1, 0.15) is 12.4 Å². The minimum atomic E-state index is -5.10. The molecule has 1 aliphatic rings. The number of amides is 3. The van der Waals surface area contributed by atoms with Gasteiger partial charge in [-0.25, -0.2) is 9.18 Å². The Labute approximate surface area is 252 Å². The molecule has 7 nitrogen and oxygen atoms in total. The largest absolute Gasteiger partial charge is 0.416 e. The lowest BCUT2D eigenvalue weighted by Crippen LogP contribution is -2.48. The maximum atomic E-state index is 13.6. The second kappa shape index (κ2) is 14.4. The van der Waals surface area contributed by atoms with E-state index in [0.29, 0.717) is 44.0 Å². The van der Waals surface area contributed by atoms with Crippen LogP contribution < -0.4 is 5.32 Å². The first-order valence-corrected chi connectivity index (χ1v) is 14.4. The summed E-state index contributed by atoms with van der Waals surface area (Å²) in [6.45, 7) is 1.92. The summed E-state index contributed by atoms with van der Waals surface area (Å²) in [5, 5.41) is 3.96. The van der Waals surface area contributed by atoms with Crippen molar-refractivity contribution in [1.29, 1.82) is 0 Å². The molecule has 1 saturated heterocycles. The number of thiophene rings is 1. The first kappa shape index (κ1) is 33.2. The van der Waals surface area contributed by atoms with Crippen LogP contribution in [-0.2, 0) is 35.0 Å². The molecule has 3 aromatic rings. The first-order valence-electron chi connectivity index (χ1n) is 13.5. The van der Waals surface area contributed by atoms with E-state index in [1.54, 1.807) is 6.07 Å². The molecule has 1 fully saturated rings. The number of carbonyl (C=O) groups excluding carboxylic acids is 2. The van der Waals surface area contributed by atoms with Gasteiger partial charge >= 0.3 is 18.4 Å². The molecule has 2 aromatic carbocycles.